The Bertz CT molecular complexity index is 279. The normalized spacial score (nSPS) is 30.9. The fourth-order valence-electron chi connectivity index (χ4n) is 2.71. The van der Waals surface area contributed by atoms with Gasteiger partial charge in [0.15, 0.2) is 0 Å². The molecule has 4 heteroatoms. The van der Waals surface area contributed by atoms with E-state index in [4.69, 9.17) is 9.47 Å². The first kappa shape index (κ1) is 15.2. The van der Waals surface area contributed by atoms with Crippen molar-refractivity contribution in [2.45, 2.75) is 58.3 Å². The van der Waals surface area contributed by atoms with Crippen molar-refractivity contribution in [3.63, 3.8) is 0 Å². The summed E-state index contributed by atoms with van der Waals surface area (Å²) >= 11 is 0. The summed E-state index contributed by atoms with van der Waals surface area (Å²) in [7, 11) is 0. The molecule has 2 N–H and O–H groups in total. The Kier molecular flexibility index (Phi) is 5.23. The van der Waals surface area contributed by atoms with Crippen LogP contribution in [0, 0.1) is 11.3 Å². The average molecular weight is 271 g/mol. The van der Waals surface area contributed by atoms with Crippen LogP contribution in [0.15, 0.2) is 0 Å². The first-order valence-electron chi connectivity index (χ1n) is 7.64. The van der Waals surface area contributed by atoms with E-state index in [-0.39, 0.29) is 5.41 Å². The Morgan fingerprint density at radius 3 is 2.68 bits per heavy atom. The zero-order chi connectivity index (χ0) is 13.9. The number of ether oxygens (including phenoxy) is 2. The van der Waals surface area contributed by atoms with Gasteiger partial charge in [-0.15, -0.1) is 0 Å². The summed E-state index contributed by atoms with van der Waals surface area (Å²) in [4.78, 5) is 0. The first-order valence-corrected chi connectivity index (χ1v) is 7.64. The maximum Gasteiger partial charge on any atom is 0.0897 e. The van der Waals surface area contributed by atoms with Crippen LogP contribution < -0.4 is 5.32 Å². The molecular formula is C15H29NO3. The summed E-state index contributed by atoms with van der Waals surface area (Å²) in [6.07, 6.45) is 3.57. The van der Waals surface area contributed by atoms with Crippen LogP contribution in [0.4, 0.5) is 0 Å². The van der Waals surface area contributed by atoms with Gasteiger partial charge in [0.2, 0.25) is 0 Å². The molecule has 0 aromatic heterocycles. The molecule has 4 nitrogen and oxygen atoms in total. The third-order valence-corrected chi connectivity index (χ3v) is 4.51. The highest BCUT2D eigenvalue weighted by atomic mass is 16.5. The summed E-state index contributed by atoms with van der Waals surface area (Å²) in [5, 5.41) is 13.3. The Morgan fingerprint density at radius 1 is 1.37 bits per heavy atom. The van der Waals surface area contributed by atoms with Crippen LogP contribution in [0.2, 0.25) is 0 Å². The molecule has 3 atom stereocenters. The van der Waals surface area contributed by atoms with Crippen LogP contribution in [0.1, 0.15) is 40.0 Å². The molecule has 2 rings (SSSR count). The lowest BCUT2D eigenvalue weighted by Gasteiger charge is -2.52. The molecule has 0 heterocycles. The highest BCUT2D eigenvalue weighted by molar-refractivity contribution is 5.02. The van der Waals surface area contributed by atoms with Crippen molar-refractivity contribution in [2.24, 2.45) is 11.3 Å². The number of hydrogen-bond donors (Lipinski definition) is 2. The molecule has 0 saturated heterocycles. The fourth-order valence-corrected chi connectivity index (χ4v) is 2.71. The lowest BCUT2D eigenvalue weighted by atomic mass is 9.64. The second-order valence-electron chi connectivity index (χ2n) is 6.60. The number of nitrogens with one attached hydrogen (secondary N) is 1. The van der Waals surface area contributed by atoms with Gasteiger partial charge < -0.3 is 19.9 Å². The van der Waals surface area contributed by atoms with E-state index in [9.17, 15) is 5.11 Å². The molecule has 2 aliphatic carbocycles. The van der Waals surface area contributed by atoms with Crippen LogP contribution >= 0.6 is 0 Å². The van der Waals surface area contributed by atoms with E-state index in [0.717, 1.165) is 25.6 Å². The Morgan fingerprint density at radius 2 is 2.11 bits per heavy atom. The van der Waals surface area contributed by atoms with Gasteiger partial charge in [-0.1, -0.05) is 13.8 Å². The Hall–Kier alpha value is -0.160. The minimum absolute atomic E-state index is 0.157. The van der Waals surface area contributed by atoms with Gasteiger partial charge in [-0.3, -0.25) is 0 Å². The van der Waals surface area contributed by atoms with Crippen LogP contribution in [0.25, 0.3) is 0 Å². The minimum atomic E-state index is -0.402. The van der Waals surface area contributed by atoms with Crippen molar-refractivity contribution in [1.29, 1.82) is 0 Å². The topological polar surface area (TPSA) is 50.7 Å². The van der Waals surface area contributed by atoms with E-state index in [2.05, 4.69) is 19.2 Å². The smallest absolute Gasteiger partial charge is 0.0897 e. The lowest BCUT2D eigenvalue weighted by molar-refractivity contribution is -0.116. The summed E-state index contributed by atoms with van der Waals surface area (Å²) in [5.41, 5.74) is 0.157. The molecular weight excluding hydrogens is 242 g/mol. The second-order valence-corrected chi connectivity index (χ2v) is 6.60. The zero-order valence-corrected chi connectivity index (χ0v) is 12.5. The maximum atomic E-state index is 9.87. The van der Waals surface area contributed by atoms with Gasteiger partial charge in [0, 0.05) is 31.2 Å². The Labute approximate surface area is 116 Å². The molecule has 2 saturated carbocycles. The molecule has 0 aromatic rings. The van der Waals surface area contributed by atoms with Crippen LogP contribution in [-0.4, -0.2) is 49.7 Å². The SMILES string of the molecule is CCOC1CC(NCC(O)COCC2CC2)C1(C)C. The van der Waals surface area contributed by atoms with Gasteiger partial charge in [-0.2, -0.15) is 0 Å². The van der Waals surface area contributed by atoms with Crippen molar-refractivity contribution < 1.29 is 14.6 Å². The zero-order valence-electron chi connectivity index (χ0n) is 12.5. The monoisotopic (exact) mass is 271 g/mol. The van der Waals surface area contributed by atoms with Gasteiger partial charge in [-0.05, 0) is 32.1 Å². The minimum Gasteiger partial charge on any atom is -0.389 e. The van der Waals surface area contributed by atoms with Crippen molar-refractivity contribution in [3.8, 4) is 0 Å². The van der Waals surface area contributed by atoms with E-state index >= 15 is 0 Å². The van der Waals surface area contributed by atoms with Crippen LogP contribution in [0.5, 0.6) is 0 Å². The van der Waals surface area contributed by atoms with E-state index in [1.165, 1.54) is 12.8 Å². The third-order valence-electron chi connectivity index (χ3n) is 4.51. The molecule has 2 aliphatic rings. The predicted molar refractivity (Wildman–Crippen MR) is 75.2 cm³/mol. The van der Waals surface area contributed by atoms with Crippen LogP contribution in [-0.2, 0) is 9.47 Å². The van der Waals surface area contributed by atoms with Gasteiger partial charge in [0.1, 0.15) is 0 Å². The molecule has 0 aliphatic heterocycles. The summed E-state index contributed by atoms with van der Waals surface area (Å²) in [6.45, 7) is 9.15. The van der Waals surface area contributed by atoms with Gasteiger partial charge in [-0.25, -0.2) is 0 Å². The summed E-state index contributed by atoms with van der Waals surface area (Å²) in [5.74, 6) is 0.762. The predicted octanol–water partition coefficient (Wildman–Crippen LogP) is 1.57. The summed E-state index contributed by atoms with van der Waals surface area (Å²) < 4.78 is 11.2. The highest BCUT2D eigenvalue weighted by Gasteiger charge is 2.48. The number of aliphatic hydroxyl groups excluding tert-OH is 1. The molecule has 19 heavy (non-hydrogen) atoms. The third kappa shape index (κ3) is 4.15. The van der Waals surface area contributed by atoms with Gasteiger partial charge >= 0.3 is 0 Å². The molecule has 2 fully saturated rings. The van der Waals surface area contributed by atoms with Crippen molar-refractivity contribution in [3.05, 3.63) is 0 Å². The quantitative estimate of drug-likeness (QED) is 0.668. The number of rotatable bonds is 9. The number of hydrogen-bond acceptors (Lipinski definition) is 4. The average Bonchev–Trinajstić information content (AvgIpc) is 3.17. The lowest BCUT2D eigenvalue weighted by Crippen LogP contribution is -2.61. The van der Waals surface area contributed by atoms with Crippen LogP contribution in [0.3, 0.4) is 0 Å². The van der Waals surface area contributed by atoms with E-state index in [0.29, 0.717) is 25.3 Å². The Balaban J connectivity index is 1.57. The van der Waals surface area contributed by atoms with E-state index < -0.39 is 6.10 Å². The molecule has 0 radical (unpaired) electrons. The second kappa shape index (κ2) is 6.53. The molecule has 0 amide bonds. The first-order chi connectivity index (χ1) is 9.04. The van der Waals surface area contributed by atoms with E-state index in [1.807, 2.05) is 6.92 Å². The van der Waals surface area contributed by atoms with Gasteiger partial charge in [0.25, 0.3) is 0 Å². The molecule has 112 valence electrons. The molecule has 0 aromatic carbocycles. The number of aliphatic hydroxyl groups is 1. The fraction of sp³-hybridized carbons (Fsp3) is 1.00. The molecule has 0 spiro atoms. The van der Waals surface area contributed by atoms with E-state index in [1.54, 1.807) is 0 Å². The standard InChI is InChI=1S/C15H29NO3/c1-4-19-14-7-13(15(14,2)3)16-8-12(17)10-18-9-11-5-6-11/h11-14,16-17H,4-10H2,1-3H3. The molecule has 0 bridgehead atoms. The molecule has 3 unspecified atom stereocenters. The summed E-state index contributed by atoms with van der Waals surface area (Å²) in [6, 6.07) is 0.433. The van der Waals surface area contributed by atoms with Crippen molar-refractivity contribution in [1.82, 2.24) is 5.32 Å². The largest absolute Gasteiger partial charge is 0.389 e. The van der Waals surface area contributed by atoms with Gasteiger partial charge in [0.05, 0.1) is 18.8 Å². The maximum absolute atomic E-state index is 9.87. The highest BCUT2D eigenvalue weighted by Crippen LogP contribution is 2.42. The van der Waals surface area contributed by atoms with Crippen molar-refractivity contribution in [2.75, 3.05) is 26.4 Å². The van der Waals surface area contributed by atoms with Crippen molar-refractivity contribution >= 4 is 0 Å².